The number of aryl methyl sites for hydroxylation is 1. The molecule has 0 aliphatic carbocycles. The Hall–Kier alpha value is -7.19. The van der Waals surface area contributed by atoms with E-state index in [1.165, 1.54) is 17.0 Å². The van der Waals surface area contributed by atoms with E-state index in [1.54, 1.807) is 66.5 Å². The summed E-state index contributed by atoms with van der Waals surface area (Å²) in [6.07, 6.45) is 6.42. The number of halogens is 3. The molecule has 3 amide bonds. The Balaban J connectivity index is 0.785. The first-order valence-electron chi connectivity index (χ1n) is 23.9. The van der Waals surface area contributed by atoms with E-state index in [0.717, 1.165) is 51.1 Å². The highest BCUT2D eigenvalue weighted by Crippen LogP contribution is 2.39. The summed E-state index contributed by atoms with van der Waals surface area (Å²) < 4.78 is 50.4. The molecule has 72 heavy (non-hydrogen) atoms. The maximum Gasteiger partial charge on any atom is 0.416 e. The second-order valence-electron chi connectivity index (χ2n) is 19.4. The van der Waals surface area contributed by atoms with Crippen molar-refractivity contribution in [3.63, 3.8) is 0 Å². The number of nitrogens with zero attached hydrogens (tertiary/aromatic N) is 10. The van der Waals surface area contributed by atoms with Gasteiger partial charge < -0.3 is 34.4 Å². The van der Waals surface area contributed by atoms with E-state index in [-0.39, 0.29) is 53.6 Å². The van der Waals surface area contributed by atoms with Crippen LogP contribution in [0.5, 0.6) is 5.88 Å². The van der Waals surface area contributed by atoms with Crippen LogP contribution in [0.15, 0.2) is 110 Å². The summed E-state index contributed by atoms with van der Waals surface area (Å²) in [4.78, 5) is 61.6. The third-order valence-corrected chi connectivity index (χ3v) is 14.1. The van der Waals surface area contributed by atoms with Crippen molar-refractivity contribution >= 4 is 52.2 Å². The highest BCUT2D eigenvalue weighted by Gasteiger charge is 2.51. The quantitative estimate of drug-likeness (QED) is 0.108. The Bertz CT molecular complexity index is 2950. The number of aliphatic hydroxyl groups is 1. The summed E-state index contributed by atoms with van der Waals surface area (Å²) >= 11 is 5.69. The van der Waals surface area contributed by atoms with Crippen LogP contribution in [-0.4, -0.2) is 106 Å². The van der Waals surface area contributed by atoms with Crippen molar-refractivity contribution < 1.29 is 37.4 Å². The van der Waals surface area contributed by atoms with E-state index in [2.05, 4.69) is 25.3 Å². The van der Waals surface area contributed by atoms with Gasteiger partial charge in [-0.3, -0.25) is 24.0 Å². The summed E-state index contributed by atoms with van der Waals surface area (Å²) in [5.41, 5.74) is 1.89. The lowest BCUT2D eigenvalue weighted by Crippen LogP contribution is -2.49. The van der Waals surface area contributed by atoms with Gasteiger partial charge >= 0.3 is 6.18 Å². The molecule has 4 aromatic heterocycles. The van der Waals surface area contributed by atoms with Gasteiger partial charge in [-0.25, -0.2) is 15.0 Å². The van der Waals surface area contributed by atoms with Gasteiger partial charge in [0.25, 0.3) is 5.91 Å². The second kappa shape index (κ2) is 19.8. The molecule has 16 nitrogen and oxygen atoms in total. The highest BCUT2D eigenvalue weighted by molar-refractivity contribution is 7.81. The number of benzene rings is 2. The van der Waals surface area contributed by atoms with Crippen LogP contribution in [-0.2, 0) is 20.6 Å². The molecule has 3 aliphatic rings. The normalized spacial score (nSPS) is 19.3. The Labute approximate surface area is 420 Å². The second-order valence-corrected chi connectivity index (χ2v) is 19.8. The monoisotopic (exact) mass is 1000 g/mol. The van der Waals surface area contributed by atoms with E-state index >= 15 is 0 Å². The lowest BCUT2D eigenvalue weighted by molar-refractivity contribution is -0.142. The molecule has 3 fully saturated rings. The molecule has 0 spiro atoms. The average molecular weight is 1000 g/mol. The number of anilines is 3. The van der Waals surface area contributed by atoms with Crippen LogP contribution >= 0.6 is 12.2 Å². The fraction of sp³-hybridized carbons (Fsp3) is 0.385. The van der Waals surface area contributed by atoms with Crippen LogP contribution in [0.2, 0.25) is 0 Å². The number of piperidine rings is 1. The number of alkyl halides is 3. The maximum atomic E-state index is 14.3. The summed E-state index contributed by atoms with van der Waals surface area (Å²) in [6.45, 7) is 12.4. The standard InChI is InChI=1S/C52H56F3N11O5S/c1-31(2)46(48(69)63-30-41(67)25-43(63)47(68)60-32(3)34-10-13-38(14-11-34)62-23-20-56-33(62)4)64-29-36(27-59-64)35-12-17-45(58-26-35)71-42-18-21-61(22-19-42)44-16-15-40(28-57-44)66-50(72)65(49(70)51(66,5)6)39-9-7-8-37(24-39)52(53,54)55/h7-17,20,23-24,26-29,31-32,41-43,46,67H,18-19,21-22,25,30H2,1-6H3,(H,60,68)/t32-,41+,43-,46?/m0/s1. The van der Waals surface area contributed by atoms with Crippen molar-refractivity contribution in [2.24, 2.45) is 5.92 Å². The van der Waals surface area contributed by atoms with Crippen molar-refractivity contribution in [1.82, 2.24) is 39.5 Å². The number of pyridine rings is 2. The minimum Gasteiger partial charge on any atom is -0.474 e. The van der Waals surface area contributed by atoms with Crippen LogP contribution in [0.25, 0.3) is 16.8 Å². The van der Waals surface area contributed by atoms with Crippen molar-refractivity contribution in [3.8, 4) is 22.7 Å². The molecule has 0 saturated carbocycles. The molecule has 2 aromatic carbocycles. The minimum atomic E-state index is -4.58. The SMILES string of the molecule is Cc1nccn1-c1ccc([C@H](C)NC(=O)[C@@H]2C[C@@H](O)CN2C(=O)C(C(C)C)n2cc(-c3ccc(OC4CCN(c5ccc(N6C(=S)N(c7cccc(C(F)(F)F)c7)C(=O)C6(C)C)cn5)CC4)nc3)cn2)cc1. The maximum absolute atomic E-state index is 14.3. The number of thiocarbonyl (C=S) groups is 1. The van der Waals surface area contributed by atoms with Gasteiger partial charge in [0.2, 0.25) is 17.7 Å². The topological polar surface area (TPSA) is 167 Å². The van der Waals surface area contributed by atoms with Gasteiger partial charge in [-0.2, -0.15) is 18.3 Å². The number of aliphatic hydroxyl groups excluding tert-OH is 1. The number of aromatic nitrogens is 6. The molecule has 4 atom stereocenters. The molecule has 2 N–H and O–H groups in total. The van der Waals surface area contributed by atoms with Gasteiger partial charge in [0.05, 0.1) is 41.5 Å². The Morgan fingerprint density at radius 3 is 2.28 bits per heavy atom. The Kier molecular flexibility index (Phi) is 13.7. The minimum absolute atomic E-state index is 0.0335. The van der Waals surface area contributed by atoms with Crippen LogP contribution in [0, 0.1) is 12.8 Å². The smallest absolute Gasteiger partial charge is 0.416 e. The van der Waals surface area contributed by atoms with Gasteiger partial charge in [0, 0.05) is 86.6 Å². The van der Waals surface area contributed by atoms with Crippen LogP contribution in [0.3, 0.4) is 0 Å². The van der Waals surface area contributed by atoms with E-state index in [9.17, 15) is 32.7 Å². The van der Waals surface area contributed by atoms with E-state index in [0.29, 0.717) is 37.5 Å². The number of carbonyl (C=O) groups excluding carboxylic acids is 3. The molecule has 376 valence electrons. The number of hydrogen-bond donors (Lipinski definition) is 2. The predicted molar refractivity (Wildman–Crippen MR) is 269 cm³/mol. The highest BCUT2D eigenvalue weighted by atomic mass is 32.1. The number of carbonyl (C=O) groups is 3. The van der Waals surface area contributed by atoms with E-state index in [4.69, 9.17) is 21.9 Å². The van der Waals surface area contributed by atoms with E-state index < -0.39 is 41.4 Å². The lowest BCUT2D eigenvalue weighted by atomic mass is 10.0. The number of nitrogens with one attached hydrogen (secondary N) is 1. The number of likely N-dealkylation sites (tertiary alicyclic amines) is 1. The molecule has 20 heteroatoms. The number of amides is 3. The molecule has 6 aromatic rings. The third kappa shape index (κ3) is 9.88. The average Bonchev–Trinajstić information content (AvgIpc) is 4.15. The first-order chi connectivity index (χ1) is 34.3. The van der Waals surface area contributed by atoms with Crippen molar-refractivity contribution in [2.75, 3.05) is 34.3 Å². The van der Waals surface area contributed by atoms with Crippen LogP contribution < -0.4 is 24.8 Å². The van der Waals surface area contributed by atoms with Crippen molar-refractivity contribution in [1.29, 1.82) is 0 Å². The largest absolute Gasteiger partial charge is 0.474 e. The first-order valence-corrected chi connectivity index (χ1v) is 24.3. The molecular formula is C52H56F3N11O5S. The van der Waals surface area contributed by atoms with Crippen molar-refractivity contribution in [3.05, 3.63) is 127 Å². The van der Waals surface area contributed by atoms with Crippen LogP contribution in [0.1, 0.15) is 82.9 Å². The van der Waals surface area contributed by atoms with Gasteiger partial charge in [-0.15, -0.1) is 0 Å². The van der Waals surface area contributed by atoms with Gasteiger partial charge in [-0.1, -0.05) is 32.0 Å². The Morgan fingerprint density at radius 2 is 1.64 bits per heavy atom. The first kappa shape index (κ1) is 49.8. The summed E-state index contributed by atoms with van der Waals surface area (Å²) in [6, 6.07) is 17.8. The molecule has 0 radical (unpaired) electrons. The number of hydrogen-bond acceptors (Lipinski definition) is 11. The molecule has 9 rings (SSSR count). The van der Waals surface area contributed by atoms with E-state index in [1.807, 2.05) is 74.9 Å². The predicted octanol–water partition coefficient (Wildman–Crippen LogP) is 7.85. The van der Waals surface area contributed by atoms with Crippen LogP contribution in [0.4, 0.5) is 30.4 Å². The number of imidazole rings is 1. The molecule has 3 aliphatic heterocycles. The van der Waals surface area contributed by atoms with Gasteiger partial charge in [-0.05, 0) is 99.9 Å². The summed E-state index contributed by atoms with van der Waals surface area (Å²) in [7, 11) is 0. The Morgan fingerprint density at radius 1 is 0.903 bits per heavy atom. The fourth-order valence-corrected chi connectivity index (χ4v) is 10.3. The zero-order valence-electron chi connectivity index (χ0n) is 40.7. The fourth-order valence-electron chi connectivity index (χ4n) is 9.76. The zero-order valence-corrected chi connectivity index (χ0v) is 41.5. The number of rotatable bonds is 13. The molecule has 1 unspecified atom stereocenters. The van der Waals surface area contributed by atoms with Gasteiger partial charge in [0.1, 0.15) is 35.4 Å². The molecule has 3 saturated heterocycles. The summed E-state index contributed by atoms with van der Waals surface area (Å²) in [5.74, 6) is 0.770. The number of ether oxygens (including phenoxy) is 1. The third-order valence-electron chi connectivity index (χ3n) is 13.7. The van der Waals surface area contributed by atoms with Crippen molar-refractivity contribution in [2.45, 2.75) is 103 Å². The number of β-amino-alcohol motifs (C(OH)–C–C–N with tert-alkyl or cyclic N) is 1. The molecule has 0 bridgehead atoms. The lowest BCUT2D eigenvalue weighted by Gasteiger charge is -2.33. The summed E-state index contributed by atoms with van der Waals surface area (Å²) in [5, 5.41) is 18.5. The molecule has 7 heterocycles. The zero-order chi connectivity index (χ0) is 51.2. The molecular weight excluding hydrogens is 948 g/mol. The van der Waals surface area contributed by atoms with Gasteiger partial charge in [0.15, 0.2) is 5.11 Å².